The molecule has 0 spiro atoms. The topological polar surface area (TPSA) is 32.3 Å². The van der Waals surface area contributed by atoms with Crippen molar-refractivity contribution < 1.29 is 18.0 Å². The molecule has 1 heterocycles. The van der Waals surface area contributed by atoms with E-state index < -0.39 is 17.7 Å². The first-order chi connectivity index (χ1) is 10.7. The molecule has 1 aromatic rings. The van der Waals surface area contributed by atoms with Gasteiger partial charge in [0.25, 0.3) is 0 Å². The molecule has 1 aromatic carbocycles. The van der Waals surface area contributed by atoms with Crippen LogP contribution in [0.2, 0.25) is 0 Å². The number of amides is 1. The van der Waals surface area contributed by atoms with Gasteiger partial charge in [-0.05, 0) is 31.4 Å². The largest absolute Gasteiger partial charge is 0.416 e. The maximum absolute atomic E-state index is 13.1. The van der Waals surface area contributed by atoms with Crippen LogP contribution in [0.1, 0.15) is 44.2 Å². The van der Waals surface area contributed by atoms with E-state index in [9.17, 15) is 18.0 Å². The molecule has 1 saturated heterocycles. The highest BCUT2D eigenvalue weighted by molar-refractivity contribution is 5.77. The number of hydrogen-bond acceptors (Lipinski definition) is 2. The fraction of sp³-hybridized carbons (Fsp3) is 0.588. The molecule has 0 aromatic heterocycles. The fourth-order valence-corrected chi connectivity index (χ4v) is 3.22. The summed E-state index contributed by atoms with van der Waals surface area (Å²) in [5.74, 6) is -0.560. The Bertz CT molecular complexity index is 549. The minimum absolute atomic E-state index is 0.0883. The molecule has 0 unspecified atom stereocenters. The Morgan fingerprint density at radius 1 is 1.26 bits per heavy atom. The number of piperazine rings is 1. The molecule has 0 bridgehead atoms. The van der Waals surface area contributed by atoms with E-state index in [1.54, 1.807) is 17.9 Å². The lowest BCUT2D eigenvalue weighted by Gasteiger charge is -2.36. The van der Waals surface area contributed by atoms with Crippen molar-refractivity contribution >= 4 is 5.91 Å². The molecular formula is C17H23F3N2O. The van der Waals surface area contributed by atoms with Crippen molar-refractivity contribution in [3.63, 3.8) is 0 Å². The Balaban J connectivity index is 2.10. The van der Waals surface area contributed by atoms with Gasteiger partial charge in [-0.25, -0.2) is 0 Å². The smallest absolute Gasteiger partial charge is 0.340 e. The van der Waals surface area contributed by atoms with Crippen LogP contribution in [-0.2, 0) is 11.0 Å². The lowest BCUT2D eigenvalue weighted by atomic mass is 9.92. The molecular weight excluding hydrogens is 305 g/mol. The van der Waals surface area contributed by atoms with Crippen LogP contribution in [0, 0.1) is 0 Å². The summed E-state index contributed by atoms with van der Waals surface area (Å²) in [4.78, 5) is 14.2. The minimum Gasteiger partial charge on any atom is -0.340 e. The molecule has 1 fully saturated rings. The Labute approximate surface area is 134 Å². The summed E-state index contributed by atoms with van der Waals surface area (Å²) in [5.41, 5.74) is -0.466. The fourth-order valence-electron chi connectivity index (χ4n) is 3.22. The van der Waals surface area contributed by atoms with Crippen LogP contribution >= 0.6 is 0 Å². The van der Waals surface area contributed by atoms with Gasteiger partial charge >= 0.3 is 6.18 Å². The van der Waals surface area contributed by atoms with Crippen LogP contribution in [0.25, 0.3) is 0 Å². The third-order valence-electron chi connectivity index (χ3n) is 4.19. The molecule has 1 aliphatic rings. The van der Waals surface area contributed by atoms with Crippen LogP contribution in [0.15, 0.2) is 24.3 Å². The van der Waals surface area contributed by atoms with E-state index in [1.807, 2.05) is 13.8 Å². The zero-order valence-corrected chi connectivity index (χ0v) is 13.7. The molecule has 3 nitrogen and oxygen atoms in total. The number of hydrogen-bond donors (Lipinski definition) is 1. The molecule has 0 aliphatic carbocycles. The number of carbonyl (C=O) groups excluding carboxylic acids is 1. The summed E-state index contributed by atoms with van der Waals surface area (Å²) in [7, 11) is 0. The highest BCUT2D eigenvalue weighted by atomic mass is 19.4. The molecule has 6 heteroatoms. The van der Waals surface area contributed by atoms with Crippen molar-refractivity contribution in [3.05, 3.63) is 35.4 Å². The van der Waals surface area contributed by atoms with Gasteiger partial charge in [-0.15, -0.1) is 0 Å². The number of benzene rings is 1. The summed E-state index contributed by atoms with van der Waals surface area (Å²) in [5, 5.41) is 3.34. The maximum Gasteiger partial charge on any atom is 0.416 e. The standard InChI is InChI=1S/C17H23F3N2O/c1-11(14-6-4-5-7-15(14)17(18,19)20)8-16(23)22-9-12(2)21-13(3)10-22/h4-7,11-13,21H,8-10H2,1-3H3/t11-,12-,13+/m0/s1. The molecule has 23 heavy (non-hydrogen) atoms. The summed E-state index contributed by atoms with van der Waals surface area (Å²) < 4.78 is 39.3. The van der Waals surface area contributed by atoms with Gasteiger partial charge in [-0.2, -0.15) is 13.2 Å². The van der Waals surface area contributed by atoms with E-state index in [1.165, 1.54) is 12.1 Å². The second-order valence-electron chi connectivity index (χ2n) is 6.46. The van der Waals surface area contributed by atoms with Gasteiger partial charge < -0.3 is 10.2 Å². The van der Waals surface area contributed by atoms with Gasteiger partial charge in [0.2, 0.25) is 5.91 Å². The lowest BCUT2D eigenvalue weighted by molar-refractivity contribution is -0.139. The first-order valence-electron chi connectivity index (χ1n) is 7.88. The van der Waals surface area contributed by atoms with Crippen LogP contribution < -0.4 is 5.32 Å². The van der Waals surface area contributed by atoms with Gasteiger partial charge in [0, 0.05) is 31.6 Å². The average Bonchev–Trinajstić information content (AvgIpc) is 2.45. The van der Waals surface area contributed by atoms with E-state index in [2.05, 4.69) is 5.32 Å². The highest BCUT2D eigenvalue weighted by Gasteiger charge is 2.35. The summed E-state index contributed by atoms with van der Waals surface area (Å²) in [6.45, 7) is 6.86. The van der Waals surface area contributed by atoms with Crippen LogP contribution in [0.4, 0.5) is 13.2 Å². The van der Waals surface area contributed by atoms with Gasteiger partial charge in [0.1, 0.15) is 0 Å². The quantitative estimate of drug-likeness (QED) is 0.922. The first-order valence-corrected chi connectivity index (χ1v) is 7.88. The zero-order valence-electron chi connectivity index (χ0n) is 13.7. The van der Waals surface area contributed by atoms with E-state index in [0.717, 1.165) is 6.07 Å². The minimum atomic E-state index is -4.40. The third-order valence-corrected chi connectivity index (χ3v) is 4.19. The number of rotatable bonds is 3. The predicted molar refractivity (Wildman–Crippen MR) is 83.1 cm³/mol. The average molecular weight is 328 g/mol. The SMILES string of the molecule is C[C@@H]1CN(C(=O)C[C@H](C)c2ccccc2C(F)(F)F)C[C@H](C)N1. The molecule has 3 atom stereocenters. The summed E-state index contributed by atoms with van der Waals surface area (Å²) in [6.07, 6.45) is -4.31. The van der Waals surface area contributed by atoms with E-state index in [-0.39, 0.29) is 30.0 Å². The van der Waals surface area contributed by atoms with Crippen molar-refractivity contribution in [1.29, 1.82) is 0 Å². The molecule has 1 aliphatic heterocycles. The summed E-state index contributed by atoms with van der Waals surface area (Å²) >= 11 is 0. The second-order valence-corrected chi connectivity index (χ2v) is 6.46. The van der Waals surface area contributed by atoms with Crippen LogP contribution in [0.3, 0.4) is 0 Å². The van der Waals surface area contributed by atoms with E-state index >= 15 is 0 Å². The Kier molecular flexibility index (Phi) is 5.34. The van der Waals surface area contributed by atoms with Gasteiger partial charge in [-0.1, -0.05) is 25.1 Å². The Hall–Kier alpha value is -1.56. The highest BCUT2D eigenvalue weighted by Crippen LogP contribution is 2.36. The zero-order chi connectivity index (χ0) is 17.2. The monoisotopic (exact) mass is 328 g/mol. The third kappa shape index (κ3) is 4.47. The number of nitrogens with one attached hydrogen (secondary N) is 1. The van der Waals surface area contributed by atoms with Crippen molar-refractivity contribution in [2.75, 3.05) is 13.1 Å². The van der Waals surface area contributed by atoms with Crippen molar-refractivity contribution in [1.82, 2.24) is 10.2 Å². The van der Waals surface area contributed by atoms with Gasteiger partial charge in [-0.3, -0.25) is 4.79 Å². The molecule has 1 N–H and O–H groups in total. The first kappa shape index (κ1) is 17.8. The lowest BCUT2D eigenvalue weighted by Crippen LogP contribution is -2.55. The predicted octanol–water partition coefficient (Wildman–Crippen LogP) is 3.41. The van der Waals surface area contributed by atoms with E-state index in [4.69, 9.17) is 0 Å². The normalized spacial score (nSPS) is 23.7. The Morgan fingerprint density at radius 3 is 2.39 bits per heavy atom. The van der Waals surface area contributed by atoms with Crippen LogP contribution in [-0.4, -0.2) is 36.0 Å². The van der Waals surface area contributed by atoms with Crippen LogP contribution in [0.5, 0.6) is 0 Å². The number of alkyl halides is 3. The van der Waals surface area contributed by atoms with Crippen molar-refractivity contribution in [2.24, 2.45) is 0 Å². The number of carbonyl (C=O) groups is 1. The summed E-state index contributed by atoms with van der Waals surface area (Å²) in [6, 6.07) is 5.89. The second kappa shape index (κ2) is 6.91. The van der Waals surface area contributed by atoms with Crippen molar-refractivity contribution in [2.45, 2.75) is 51.4 Å². The molecule has 128 valence electrons. The number of halogens is 3. The number of nitrogens with zero attached hydrogens (tertiary/aromatic N) is 1. The molecule has 2 rings (SSSR count). The Morgan fingerprint density at radius 2 is 1.83 bits per heavy atom. The molecule has 0 saturated carbocycles. The van der Waals surface area contributed by atoms with Crippen molar-refractivity contribution in [3.8, 4) is 0 Å². The maximum atomic E-state index is 13.1. The molecule has 0 radical (unpaired) electrons. The molecule has 1 amide bonds. The van der Waals surface area contributed by atoms with Gasteiger partial charge in [0.15, 0.2) is 0 Å². The van der Waals surface area contributed by atoms with E-state index in [0.29, 0.717) is 13.1 Å². The van der Waals surface area contributed by atoms with Gasteiger partial charge in [0.05, 0.1) is 5.56 Å².